The van der Waals surface area contributed by atoms with Crippen molar-refractivity contribution in [3.05, 3.63) is 71.3 Å². The summed E-state index contributed by atoms with van der Waals surface area (Å²) in [6.45, 7) is 0. The third-order valence-electron chi connectivity index (χ3n) is 2.75. The molecular weight excluding hydrogens is 280 g/mol. The smallest absolute Gasteiger partial charge is 0.342 e. The van der Waals surface area contributed by atoms with Crippen LogP contribution < -0.4 is 5.73 Å². The molecular formula is C15H11F2NO3. The Morgan fingerprint density at radius 1 is 1.00 bits per heavy atom. The van der Waals surface area contributed by atoms with Gasteiger partial charge in [-0.15, -0.1) is 0 Å². The second-order valence-corrected chi connectivity index (χ2v) is 4.22. The number of hydrogen-bond donors (Lipinski definition) is 1. The van der Waals surface area contributed by atoms with Gasteiger partial charge in [-0.2, -0.15) is 0 Å². The summed E-state index contributed by atoms with van der Waals surface area (Å²) in [6, 6.07) is 9.91. The summed E-state index contributed by atoms with van der Waals surface area (Å²) < 4.78 is 31.3. The van der Waals surface area contributed by atoms with Crippen molar-refractivity contribution in [1.29, 1.82) is 0 Å². The van der Waals surface area contributed by atoms with Crippen molar-refractivity contribution in [3.63, 3.8) is 0 Å². The van der Waals surface area contributed by atoms with Gasteiger partial charge in [-0.3, -0.25) is 4.79 Å². The largest absolute Gasteiger partial charge is 0.444 e. The minimum Gasteiger partial charge on any atom is -0.444 e. The van der Waals surface area contributed by atoms with Gasteiger partial charge in [0.25, 0.3) is 5.91 Å². The molecule has 6 heteroatoms. The number of nitrogens with two attached hydrogens (primary N) is 1. The van der Waals surface area contributed by atoms with Gasteiger partial charge in [0.1, 0.15) is 11.6 Å². The molecule has 0 heterocycles. The van der Waals surface area contributed by atoms with Crippen LogP contribution in [-0.4, -0.2) is 11.9 Å². The van der Waals surface area contributed by atoms with Crippen LogP contribution in [0.25, 0.3) is 0 Å². The first-order chi connectivity index (χ1) is 9.99. The number of halogens is 2. The van der Waals surface area contributed by atoms with Crippen molar-refractivity contribution in [2.45, 2.75) is 6.10 Å². The number of benzene rings is 2. The lowest BCUT2D eigenvalue weighted by atomic mass is 10.1. The molecule has 0 radical (unpaired) electrons. The number of primary amides is 1. The first kappa shape index (κ1) is 14.6. The summed E-state index contributed by atoms with van der Waals surface area (Å²) in [5.41, 5.74) is 5.06. The van der Waals surface area contributed by atoms with Gasteiger partial charge in [0.05, 0.1) is 5.56 Å². The highest BCUT2D eigenvalue weighted by Gasteiger charge is 2.24. The molecule has 0 saturated carbocycles. The Morgan fingerprint density at radius 2 is 1.62 bits per heavy atom. The highest BCUT2D eigenvalue weighted by Crippen LogP contribution is 2.20. The molecule has 0 fully saturated rings. The Hall–Kier alpha value is -2.76. The Kier molecular flexibility index (Phi) is 4.27. The molecule has 1 amide bonds. The lowest BCUT2D eigenvalue weighted by molar-refractivity contribution is -0.127. The summed E-state index contributed by atoms with van der Waals surface area (Å²) in [6.07, 6.45) is -1.42. The van der Waals surface area contributed by atoms with Gasteiger partial charge in [0, 0.05) is 5.56 Å². The molecule has 0 bridgehead atoms. The molecule has 0 spiro atoms. The van der Waals surface area contributed by atoms with Crippen LogP contribution in [0.1, 0.15) is 22.0 Å². The van der Waals surface area contributed by atoms with E-state index in [2.05, 4.69) is 0 Å². The number of amides is 1. The Balaban J connectivity index is 2.25. The molecule has 2 rings (SSSR count). The SMILES string of the molecule is NC(=O)[C@@H](OC(=O)c1ccccc1F)c1ccc(F)cc1. The van der Waals surface area contributed by atoms with Gasteiger partial charge >= 0.3 is 5.97 Å². The average molecular weight is 291 g/mol. The van der Waals surface area contributed by atoms with Crippen molar-refractivity contribution < 1.29 is 23.1 Å². The zero-order valence-electron chi connectivity index (χ0n) is 10.8. The fraction of sp³-hybridized carbons (Fsp3) is 0.0667. The normalized spacial score (nSPS) is 11.7. The van der Waals surface area contributed by atoms with Gasteiger partial charge in [0.2, 0.25) is 6.10 Å². The van der Waals surface area contributed by atoms with Gasteiger partial charge in [-0.1, -0.05) is 24.3 Å². The molecule has 2 N–H and O–H groups in total. The highest BCUT2D eigenvalue weighted by molar-refractivity contribution is 5.92. The molecule has 0 aliphatic heterocycles. The fourth-order valence-electron chi connectivity index (χ4n) is 1.73. The van der Waals surface area contributed by atoms with E-state index in [1.807, 2.05) is 0 Å². The van der Waals surface area contributed by atoms with E-state index in [0.717, 1.165) is 18.2 Å². The van der Waals surface area contributed by atoms with E-state index in [0.29, 0.717) is 0 Å². The maximum absolute atomic E-state index is 13.5. The van der Waals surface area contributed by atoms with Crippen molar-refractivity contribution in [2.75, 3.05) is 0 Å². The predicted octanol–water partition coefficient (Wildman–Crippen LogP) is 2.35. The van der Waals surface area contributed by atoms with E-state index in [1.54, 1.807) is 0 Å². The van der Waals surface area contributed by atoms with E-state index >= 15 is 0 Å². The standard InChI is InChI=1S/C15H11F2NO3/c16-10-7-5-9(6-8-10)13(14(18)19)21-15(20)11-3-1-2-4-12(11)17/h1-8,13H,(H2,18,19)/t13-/m0/s1. The first-order valence-electron chi connectivity index (χ1n) is 5.99. The van der Waals surface area contributed by atoms with Gasteiger partial charge in [-0.25, -0.2) is 13.6 Å². The molecule has 0 unspecified atom stereocenters. The molecule has 2 aromatic carbocycles. The van der Waals surface area contributed by atoms with Crippen LogP contribution in [0.4, 0.5) is 8.78 Å². The van der Waals surface area contributed by atoms with E-state index in [4.69, 9.17) is 10.5 Å². The third kappa shape index (κ3) is 3.42. The summed E-state index contributed by atoms with van der Waals surface area (Å²) in [4.78, 5) is 23.3. The zero-order valence-corrected chi connectivity index (χ0v) is 10.8. The zero-order chi connectivity index (χ0) is 15.4. The maximum Gasteiger partial charge on any atom is 0.342 e. The number of carbonyl (C=O) groups is 2. The van der Waals surface area contributed by atoms with Crippen molar-refractivity contribution in [2.24, 2.45) is 5.73 Å². The summed E-state index contributed by atoms with van der Waals surface area (Å²) in [5.74, 6) is -3.25. The molecule has 0 aliphatic carbocycles. The van der Waals surface area contributed by atoms with Gasteiger partial charge in [0.15, 0.2) is 0 Å². The maximum atomic E-state index is 13.5. The molecule has 0 saturated heterocycles. The average Bonchev–Trinajstić information content (AvgIpc) is 2.46. The number of carbonyl (C=O) groups excluding carboxylic acids is 2. The first-order valence-corrected chi connectivity index (χ1v) is 5.99. The molecule has 4 nitrogen and oxygen atoms in total. The summed E-state index contributed by atoms with van der Waals surface area (Å²) in [7, 11) is 0. The van der Waals surface area contributed by atoms with Crippen molar-refractivity contribution in [1.82, 2.24) is 0 Å². The highest BCUT2D eigenvalue weighted by atomic mass is 19.1. The summed E-state index contributed by atoms with van der Waals surface area (Å²) in [5, 5.41) is 0. The molecule has 21 heavy (non-hydrogen) atoms. The van der Waals surface area contributed by atoms with Crippen LogP contribution in [0.5, 0.6) is 0 Å². The van der Waals surface area contributed by atoms with E-state index in [9.17, 15) is 18.4 Å². The Bertz CT molecular complexity index is 671. The quantitative estimate of drug-likeness (QED) is 0.879. The van der Waals surface area contributed by atoms with Crippen LogP contribution >= 0.6 is 0 Å². The van der Waals surface area contributed by atoms with E-state index in [1.165, 1.54) is 30.3 Å². The number of esters is 1. The second-order valence-electron chi connectivity index (χ2n) is 4.22. The van der Waals surface area contributed by atoms with Crippen LogP contribution in [0, 0.1) is 11.6 Å². The third-order valence-corrected chi connectivity index (χ3v) is 2.75. The molecule has 2 aromatic rings. The topological polar surface area (TPSA) is 69.4 Å². The summed E-state index contributed by atoms with van der Waals surface area (Å²) >= 11 is 0. The van der Waals surface area contributed by atoms with Crippen LogP contribution in [0.2, 0.25) is 0 Å². The number of hydrogen-bond acceptors (Lipinski definition) is 3. The lowest BCUT2D eigenvalue weighted by Gasteiger charge is -2.15. The Morgan fingerprint density at radius 3 is 2.19 bits per heavy atom. The van der Waals surface area contributed by atoms with Gasteiger partial charge in [-0.05, 0) is 24.3 Å². The van der Waals surface area contributed by atoms with Crippen LogP contribution in [0.3, 0.4) is 0 Å². The monoisotopic (exact) mass is 291 g/mol. The number of ether oxygens (including phenoxy) is 1. The van der Waals surface area contributed by atoms with E-state index < -0.39 is 29.6 Å². The van der Waals surface area contributed by atoms with Crippen molar-refractivity contribution in [3.8, 4) is 0 Å². The number of rotatable bonds is 4. The molecule has 0 aromatic heterocycles. The van der Waals surface area contributed by atoms with Crippen LogP contribution in [0.15, 0.2) is 48.5 Å². The van der Waals surface area contributed by atoms with E-state index in [-0.39, 0.29) is 11.1 Å². The van der Waals surface area contributed by atoms with Crippen LogP contribution in [-0.2, 0) is 9.53 Å². The fourth-order valence-corrected chi connectivity index (χ4v) is 1.73. The molecule has 1 atom stereocenters. The minimum atomic E-state index is -1.42. The Labute approximate surface area is 119 Å². The lowest BCUT2D eigenvalue weighted by Crippen LogP contribution is -2.26. The van der Waals surface area contributed by atoms with Crippen molar-refractivity contribution >= 4 is 11.9 Å². The second kappa shape index (κ2) is 6.13. The minimum absolute atomic E-state index is 0.202. The molecule has 108 valence electrons. The molecule has 0 aliphatic rings. The predicted molar refractivity (Wildman–Crippen MR) is 70.2 cm³/mol. The van der Waals surface area contributed by atoms with Gasteiger partial charge < -0.3 is 10.5 Å².